The number of hydrogen-bond acceptors (Lipinski definition) is 4. The van der Waals surface area contributed by atoms with E-state index in [4.69, 9.17) is 9.47 Å². The quantitative estimate of drug-likeness (QED) is 0.915. The SMILES string of the molecule is COc1cc(C)nc(COc2c(C)cccc2C(=O)O)c1. The average molecular weight is 287 g/mol. The molecular formula is C16H17NO4. The topological polar surface area (TPSA) is 68.7 Å². The number of carbonyl (C=O) groups is 1. The van der Waals surface area contributed by atoms with E-state index < -0.39 is 5.97 Å². The van der Waals surface area contributed by atoms with Crippen LogP contribution < -0.4 is 9.47 Å². The van der Waals surface area contributed by atoms with Crippen molar-refractivity contribution in [1.82, 2.24) is 4.98 Å². The first-order valence-electron chi connectivity index (χ1n) is 6.48. The van der Waals surface area contributed by atoms with Crippen molar-refractivity contribution in [3.8, 4) is 11.5 Å². The molecule has 1 aromatic heterocycles. The highest BCUT2D eigenvalue weighted by atomic mass is 16.5. The first-order valence-corrected chi connectivity index (χ1v) is 6.48. The predicted octanol–water partition coefficient (Wildman–Crippen LogP) is 2.98. The zero-order chi connectivity index (χ0) is 15.4. The maximum Gasteiger partial charge on any atom is 0.339 e. The summed E-state index contributed by atoms with van der Waals surface area (Å²) in [6.45, 7) is 3.86. The molecule has 0 aliphatic heterocycles. The molecule has 1 N–H and O–H groups in total. The Bertz CT molecular complexity index is 667. The van der Waals surface area contributed by atoms with Crippen LogP contribution in [-0.4, -0.2) is 23.2 Å². The van der Waals surface area contributed by atoms with Crippen molar-refractivity contribution in [1.29, 1.82) is 0 Å². The second-order valence-electron chi connectivity index (χ2n) is 4.69. The van der Waals surface area contributed by atoms with Crippen LogP contribution in [0.3, 0.4) is 0 Å². The summed E-state index contributed by atoms with van der Waals surface area (Å²) in [6.07, 6.45) is 0. The van der Waals surface area contributed by atoms with Gasteiger partial charge in [-0.15, -0.1) is 0 Å². The van der Waals surface area contributed by atoms with Gasteiger partial charge in [0.15, 0.2) is 0 Å². The smallest absolute Gasteiger partial charge is 0.339 e. The van der Waals surface area contributed by atoms with E-state index in [1.165, 1.54) is 6.07 Å². The van der Waals surface area contributed by atoms with Gasteiger partial charge in [0, 0.05) is 17.8 Å². The minimum Gasteiger partial charge on any atom is -0.497 e. The van der Waals surface area contributed by atoms with Gasteiger partial charge in [-0.1, -0.05) is 12.1 Å². The Morgan fingerprint density at radius 3 is 2.71 bits per heavy atom. The summed E-state index contributed by atoms with van der Waals surface area (Å²) in [4.78, 5) is 15.6. The number of aromatic carboxylic acids is 1. The van der Waals surface area contributed by atoms with Gasteiger partial charge in [0.1, 0.15) is 23.7 Å². The Morgan fingerprint density at radius 1 is 1.29 bits per heavy atom. The Hall–Kier alpha value is -2.56. The van der Waals surface area contributed by atoms with Gasteiger partial charge in [0.05, 0.1) is 12.8 Å². The second kappa shape index (κ2) is 6.26. The van der Waals surface area contributed by atoms with Crippen LogP contribution in [0.25, 0.3) is 0 Å². The Morgan fingerprint density at radius 2 is 2.05 bits per heavy atom. The number of benzene rings is 1. The van der Waals surface area contributed by atoms with Crippen LogP contribution in [-0.2, 0) is 6.61 Å². The number of carboxylic acids is 1. The van der Waals surface area contributed by atoms with Gasteiger partial charge < -0.3 is 14.6 Å². The standard InChI is InChI=1S/C16H17NO4/c1-10-5-4-6-14(16(18)19)15(10)21-9-12-8-13(20-3)7-11(2)17-12/h4-8H,9H2,1-3H3,(H,18,19). The Balaban J connectivity index is 2.24. The maximum atomic E-state index is 11.2. The molecule has 0 aliphatic carbocycles. The molecule has 0 fully saturated rings. The first kappa shape index (κ1) is 14.8. The van der Waals surface area contributed by atoms with E-state index in [0.717, 1.165) is 11.3 Å². The van der Waals surface area contributed by atoms with Crippen molar-refractivity contribution in [3.05, 3.63) is 52.8 Å². The van der Waals surface area contributed by atoms with Crippen molar-refractivity contribution in [3.63, 3.8) is 0 Å². The van der Waals surface area contributed by atoms with E-state index in [9.17, 15) is 9.90 Å². The zero-order valence-corrected chi connectivity index (χ0v) is 12.2. The number of para-hydroxylation sites is 1. The van der Waals surface area contributed by atoms with E-state index in [1.54, 1.807) is 19.2 Å². The van der Waals surface area contributed by atoms with E-state index in [1.807, 2.05) is 26.0 Å². The molecule has 0 bridgehead atoms. The fourth-order valence-corrected chi connectivity index (χ4v) is 2.05. The predicted molar refractivity (Wildman–Crippen MR) is 78.0 cm³/mol. The van der Waals surface area contributed by atoms with Crippen LogP contribution in [0.1, 0.15) is 27.3 Å². The lowest BCUT2D eigenvalue weighted by molar-refractivity contribution is 0.0691. The van der Waals surface area contributed by atoms with Crippen molar-refractivity contribution in [2.45, 2.75) is 20.5 Å². The number of aromatic nitrogens is 1. The summed E-state index contributed by atoms with van der Waals surface area (Å²) < 4.78 is 10.9. The normalized spacial score (nSPS) is 10.2. The third kappa shape index (κ3) is 3.51. The molecule has 0 unspecified atom stereocenters. The summed E-state index contributed by atoms with van der Waals surface area (Å²) in [6, 6.07) is 8.62. The molecule has 21 heavy (non-hydrogen) atoms. The van der Waals surface area contributed by atoms with Gasteiger partial charge in [-0.25, -0.2) is 4.79 Å². The van der Waals surface area contributed by atoms with Gasteiger partial charge in [-0.05, 0) is 25.5 Å². The van der Waals surface area contributed by atoms with E-state index in [0.29, 0.717) is 17.2 Å². The second-order valence-corrected chi connectivity index (χ2v) is 4.69. The lowest BCUT2D eigenvalue weighted by Crippen LogP contribution is -2.06. The zero-order valence-electron chi connectivity index (χ0n) is 12.2. The van der Waals surface area contributed by atoms with Gasteiger partial charge in [-0.3, -0.25) is 4.98 Å². The maximum absolute atomic E-state index is 11.2. The van der Waals surface area contributed by atoms with Crippen molar-refractivity contribution in [2.24, 2.45) is 0 Å². The number of ether oxygens (including phenoxy) is 2. The van der Waals surface area contributed by atoms with Crippen molar-refractivity contribution >= 4 is 5.97 Å². The molecule has 0 radical (unpaired) electrons. The lowest BCUT2D eigenvalue weighted by atomic mass is 10.1. The number of carboxylic acid groups (broad SMARTS) is 1. The monoisotopic (exact) mass is 287 g/mol. The Labute approximate surface area is 123 Å². The fraction of sp³-hybridized carbons (Fsp3) is 0.250. The van der Waals surface area contributed by atoms with Crippen molar-refractivity contribution in [2.75, 3.05) is 7.11 Å². The van der Waals surface area contributed by atoms with Gasteiger partial charge in [0.2, 0.25) is 0 Å². The highest BCUT2D eigenvalue weighted by Gasteiger charge is 2.14. The largest absolute Gasteiger partial charge is 0.497 e. The summed E-state index contributed by atoms with van der Waals surface area (Å²) in [7, 11) is 1.59. The third-order valence-corrected chi connectivity index (χ3v) is 3.02. The van der Waals surface area contributed by atoms with Crippen LogP contribution in [0.5, 0.6) is 11.5 Å². The highest BCUT2D eigenvalue weighted by Crippen LogP contribution is 2.25. The molecule has 0 spiro atoms. The molecule has 0 aliphatic rings. The Kier molecular flexibility index (Phi) is 4.42. The van der Waals surface area contributed by atoms with Crippen molar-refractivity contribution < 1.29 is 19.4 Å². The molecule has 2 aromatic rings. The molecule has 0 saturated carbocycles. The number of methoxy groups -OCH3 is 1. The molecule has 0 atom stereocenters. The van der Waals surface area contributed by atoms with Gasteiger partial charge >= 0.3 is 5.97 Å². The van der Waals surface area contributed by atoms with E-state index >= 15 is 0 Å². The minimum atomic E-state index is -1.01. The number of pyridine rings is 1. The van der Waals surface area contributed by atoms with Gasteiger partial charge in [-0.2, -0.15) is 0 Å². The van der Waals surface area contributed by atoms with Gasteiger partial charge in [0.25, 0.3) is 0 Å². The number of hydrogen-bond donors (Lipinski definition) is 1. The van der Waals surface area contributed by atoms with Crippen LogP contribution in [0.15, 0.2) is 30.3 Å². The number of rotatable bonds is 5. The highest BCUT2D eigenvalue weighted by molar-refractivity contribution is 5.91. The van der Waals surface area contributed by atoms with Crippen LogP contribution in [0, 0.1) is 13.8 Å². The molecule has 2 rings (SSSR count). The summed E-state index contributed by atoms with van der Waals surface area (Å²) >= 11 is 0. The summed E-state index contributed by atoms with van der Waals surface area (Å²) in [5.74, 6) is 0.0556. The molecule has 1 aromatic carbocycles. The fourth-order valence-electron chi connectivity index (χ4n) is 2.05. The summed E-state index contributed by atoms with van der Waals surface area (Å²) in [5.41, 5.74) is 2.42. The average Bonchev–Trinajstić information content (AvgIpc) is 2.45. The first-order chi connectivity index (χ1) is 10.0. The minimum absolute atomic E-state index is 0.148. The number of nitrogens with zero attached hydrogens (tertiary/aromatic N) is 1. The molecule has 5 heteroatoms. The van der Waals surface area contributed by atoms with E-state index in [-0.39, 0.29) is 12.2 Å². The van der Waals surface area contributed by atoms with Crippen LogP contribution >= 0.6 is 0 Å². The van der Waals surface area contributed by atoms with Crippen LogP contribution in [0.4, 0.5) is 0 Å². The van der Waals surface area contributed by atoms with E-state index in [2.05, 4.69) is 4.98 Å². The summed E-state index contributed by atoms with van der Waals surface area (Å²) in [5, 5.41) is 9.20. The lowest BCUT2D eigenvalue weighted by Gasteiger charge is -2.12. The molecule has 1 heterocycles. The molecule has 5 nitrogen and oxygen atoms in total. The number of aryl methyl sites for hydroxylation is 2. The van der Waals surface area contributed by atoms with Crippen LogP contribution in [0.2, 0.25) is 0 Å². The molecular weight excluding hydrogens is 270 g/mol. The third-order valence-electron chi connectivity index (χ3n) is 3.02. The molecule has 110 valence electrons. The molecule has 0 amide bonds. The molecule has 0 saturated heterocycles.